The van der Waals surface area contributed by atoms with E-state index in [4.69, 9.17) is 14.6 Å². The number of carbonyl (C=O) groups excluding carboxylic acids is 3. The van der Waals surface area contributed by atoms with E-state index in [9.17, 15) is 14.4 Å². The fourth-order valence-electron chi connectivity index (χ4n) is 5.52. The van der Waals surface area contributed by atoms with Gasteiger partial charge in [-0.2, -0.15) is 0 Å². The van der Waals surface area contributed by atoms with Crippen molar-refractivity contribution in [3.05, 3.63) is 24.3 Å². The molecule has 2 saturated heterocycles. The van der Waals surface area contributed by atoms with Crippen molar-refractivity contribution in [2.24, 2.45) is 11.8 Å². The Labute approximate surface area is 189 Å². The van der Waals surface area contributed by atoms with Crippen molar-refractivity contribution in [1.29, 1.82) is 0 Å². The number of carbonyl (C=O) groups is 3. The molecule has 0 aromatic heterocycles. The van der Waals surface area contributed by atoms with Crippen molar-refractivity contribution in [2.75, 3.05) is 26.3 Å². The van der Waals surface area contributed by atoms with Crippen molar-refractivity contribution in [1.82, 2.24) is 9.80 Å². The number of ether oxygens (including phenoxy) is 2. The van der Waals surface area contributed by atoms with Gasteiger partial charge in [-0.15, -0.1) is 0 Å². The highest BCUT2D eigenvalue weighted by molar-refractivity contribution is 5.99. The maximum Gasteiger partial charge on any atom is 0.312 e. The van der Waals surface area contributed by atoms with Gasteiger partial charge in [0.25, 0.3) is 0 Å². The third-order valence-corrected chi connectivity index (χ3v) is 6.99. The summed E-state index contributed by atoms with van der Waals surface area (Å²) in [6.07, 6.45) is 9.55. The minimum atomic E-state index is -1.20. The third kappa shape index (κ3) is 3.67. The summed E-state index contributed by atoms with van der Waals surface area (Å²) in [4.78, 5) is 44.0. The van der Waals surface area contributed by atoms with E-state index in [1.165, 1.54) is 0 Å². The van der Waals surface area contributed by atoms with Crippen LogP contribution in [-0.2, 0) is 23.9 Å². The molecule has 1 unspecified atom stereocenters. The first-order valence-electron chi connectivity index (χ1n) is 11.6. The molecule has 2 amide bonds. The molecule has 4 aliphatic rings. The molecule has 0 aliphatic carbocycles. The van der Waals surface area contributed by atoms with Crippen molar-refractivity contribution in [3.8, 4) is 0 Å². The van der Waals surface area contributed by atoms with E-state index < -0.39 is 41.1 Å². The lowest BCUT2D eigenvalue weighted by Crippen LogP contribution is -2.58. The van der Waals surface area contributed by atoms with Crippen LogP contribution in [-0.4, -0.2) is 82.3 Å². The molecule has 0 bridgehead atoms. The van der Waals surface area contributed by atoms with Gasteiger partial charge in [-0.25, -0.2) is 0 Å². The van der Waals surface area contributed by atoms with E-state index in [2.05, 4.69) is 0 Å². The maximum absolute atomic E-state index is 13.9. The lowest BCUT2D eigenvalue weighted by Gasteiger charge is -2.40. The van der Waals surface area contributed by atoms with Crippen LogP contribution in [0.5, 0.6) is 0 Å². The first-order valence-corrected chi connectivity index (χ1v) is 11.6. The molecule has 32 heavy (non-hydrogen) atoms. The minimum Gasteiger partial charge on any atom is -0.465 e. The van der Waals surface area contributed by atoms with E-state index in [1.54, 1.807) is 9.80 Å². The normalized spacial score (nSPS) is 34.6. The molecular formula is C24H34N2O6. The number of amides is 2. The number of fused-ring (bicyclic) bond motifs is 2. The Kier molecular flexibility index (Phi) is 6.20. The van der Waals surface area contributed by atoms with E-state index in [-0.39, 0.29) is 25.0 Å². The topological polar surface area (TPSA) is 96.4 Å². The minimum absolute atomic E-state index is 0.0917. The van der Waals surface area contributed by atoms with Crippen LogP contribution in [0.3, 0.4) is 0 Å². The average Bonchev–Trinajstić information content (AvgIpc) is 3.08. The highest BCUT2D eigenvalue weighted by atomic mass is 16.6. The van der Waals surface area contributed by atoms with Crippen molar-refractivity contribution in [2.45, 2.75) is 69.7 Å². The molecule has 4 rings (SSSR count). The second-order valence-electron chi connectivity index (χ2n) is 10.1. The Bertz CT molecular complexity index is 831. The number of rotatable bonds is 5. The molecule has 0 saturated carbocycles. The fourth-order valence-corrected chi connectivity index (χ4v) is 5.52. The summed E-state index contributed by atoms with van der Waals surface area (Å²) < 4.78 is 11.9. The zero-order valence-corrected chi connectivity index (χ0v) is 19.2. The Balaban J connectivity index is 1.77. The second kappa shape index (κ2) is 8.63. The summed E-state index contributed by atoms with van der Waals surface area (Å²) in [5.41, 5.74) is -1.63. The number of nitrogens with zero attached hydrogens (tertiary/aromatic N) is 2. The van der Waals surface area contributed by atoms with Crippen molar-refractivity contribution >= 4 is 17.8 Å². The predicted octanol–water partition coefficient (Wildman–Crippen LogP) is 1.43. The molecule has 8 heteroatoms. The first-order chi connectivity index (χ1) is 15.2. The standard InChI is InChI=1S/C24H34N2O6/c1-23(2,3)26-13-9-11-24-18(17-16(32-24)10-5-8-15-31-22(17)30)20(28)25(19(24)21(26)29)12-6-4-7-14-27/h5,9-11,16-19,27H,4,6-8,12-15H2,1-3H3/t16-,17+,18+,19?,24+/m1/s1. The lowest BCUT2D eigenvalue weighted by molar-refractivity contribution is -0.155. The molecule has 8 nitrogen and oxygen atoms in total. The Morgan fingerprint density at radius 1 is 1.12 bits per heavy atom. The number of aliphatic hydroxyl groups is 1. The van der Waals surface area contributed by atoms with Crippen LogP contribution in [0, 0.1) is 11.8 Å². The van der Waals surface area contributed by atoms with Gasteiger partial charge in [-0.1, -0.05) is 24.3 Å². The summed E-state index contributed by atoms with van der Waals surface area (Å²) in [6, 6.07) is -0.832. The molecule has 0 aromatic carbocycles. The average molecular weight is 447 g/mol. The number of unbranched alkanes of at least 4 members (excludes halogenated alkanes) is 2. The largest absolute Gasteiger partial charge is 0.465 e. The number of cyclic esters (lactones) is 1. The van der Waals surface area contributed by atoms with Crippen molar-refractivity contribution in [3.63, 3.8) is 0 Å². The monoisotopic (exact) mass is 446 g/mol. The molecule has 1 N–H and O–H groups in total. The molecular weight excluding hydrogens is 412 g/mol. The SMILES string of the molecule is CC(C)(C)N1CC=C[C@]23O[C@@H]4C=CCCOC(=O)[C@@H]4[C@H]2C(=O)N(CCCCCO)C3C1=O. The Morgan fingerprint density at radius 3 is 2.62 bits per heavy atom. The van der Waals surface area contributed by atoms with Crippen LogP contribution >= 0.6 is 0 Å². The van der Waals surface area contributed by atoms with Crippen LogP contribution in [0.1, 0.15) is 46.5 Å². The van der Waals surface area contributed by atoms with E-state index in [0.29, 0.717) is 32.4 Å². The molecule has 4 aliphatic heterocycles. The molecule has 4 heterocycles. The maximum atomic E-state index is 13.9. The summed E-state index contributed by atoms with van der Waals surface area (Å²) in [5.74, 6) is -2.40. The van der Waals surface area contributed by atoms with Crippen LogP contribution in [0.25, 0.3) is 0 Å². The third-order valence-electron chi connectivity index (χ3n) is 6.99. The Hall–Kier alpha value is -2.19. The molecule has 0 radical (unpaired) electrons. The number of hydrogen-bond acceptors (Lipinski definition) is 6. The first kappa shape index (κ1) is 23.0. The molecule has 0 aromatic rings. The van der Waals surface area contributed by atoms with Gasteiger partial charge in [-0.05, 0) is 46.5 Å². The molecule has 5 atom stereocenters. The van der Waals surface area contributed by atoms with Gasteiger partial charge in [0.15, 0.2) is 0 Å². The molecule has 1 spiro atoms. The summed E-state index contributed by atoms with van der Waals surface area (Å²) >= 11 is 0. The summed E-state index contributed by atoms with van der Waals surface area (Å²) in [7, 11) is 0. The zero-order chi connectivity index (χ0) is 23.1. The molecule has 176 valence electrons. The highest BCUT2D eigenvalue weighted by Gasteiger charge is 2.71. The lowest BCUT2D eigenvalue weighted by atomic mass is 9.77. The van der Waals surface area contributed by atoms with Gasteiger partial charge in [-0.3, -0.25) is 14.4 Å². The predicted molar refractivity (Wildman–Crippen MR) is 116 cm³/mol. The van der Waals surface area contributed by atoms with Crippen molar-refractivity contribution < 1.29 is 29.0 Å². The molecule has 2 fully saturated rings. The van der Waals surface area contributed by atoms with Gasteiger partial charge in [0.05, 0.1) is 18.6 Å². The quantitative estimate of drug-likeness (QED) is 0.390. The second-order valence-corrected chi connectivity index (χ2v) is 10.1. The van der Waals surface area contributed by atoms with Gasteiger partial charge in [0.2, 0.25) is 11.8 Å². The number of aliphatic hydroxyl groups excluding tert-OH is 1. The zero-order valence-electron chi connectivity index (χ0n) is 19.2. The summed E-state index contributed by atoms with van der Waals surface area (Å²) in [5, 5.41) is 9.11. The van der Waals surface area contributed by atoms with Crippen LogP contribution < -0.4 is 0 Å². The van der Waals surface area contributed by atoms with Crippen LogP contribution in [0.15, 0.2) is 24.3 Å². The van der Waals surface area contributed by atoms with E-state index >= 15 is 0 Å². The van der Waals surface area contributed by atoms with Gasteiger partial charge < -0.3 is 24.4 Å². The Morgan fingerprint density at radius 2 is 1.91 bits per heavy atom. The van der Waals surface area contributed by atoms with E-state index in [1.807, 2.05) is 45.1 Å². The van der Waals surface area contributed by atoms with Gasteiger partial charge >= 0.3 is 5.97 Å². The number of esters is 1. The van der Waals surface area contributed by atoms with Gasteiger partial charge in [0.1, 0.15) is 17.6 Å². The van der Waals surface area contributed by atoms with Crippen LogP contribution in [0.4, 0.5) is 0 Å². The van der Waals surface area contributed by atoms with E-state index in [0.717, 1.165) is 6.42 Å². The fraction of sp³-hybridized carbons (Fsp3) is 0.708. The number of hydrogen-bond donors (Lipinski definition) is 1. The summed E-state index contributed by atoms with van der Waals surface area (Å²) in [6.45, 7) is 7.08. The highest BCUT2D eigenvalue weighted by Crippen LogP contribution is 2.53. The smallest absolute Gasteiger partial charge is 0.312 e. The van der Waals surface area contributed by atoms with Crippen LogP contribution in [0.2, 0.25) is 0 Å². The van der Waals surface area contributed by atoms with Gasteiger partial charge in [0, 0.05) is 25.2 Å². The number of likely N-dealkylation sites (tertiary alicyclic amines) is 1.